The fraction of sp³-hybridized carbons (Fsp3) is 0.818. The molecule has 1 aliphatic rings. The van der Waals surface area contributed by atoms with Crippen molar-refractivity contribution in [2.45, 2.75) is 52.1 Å². The summed E-state index contributed by atoms with van der Waals surface area (Å²) < 4.78 is 2.22. The summed E-state index contributed by atoms with van der Waals surface area (Å²) in [6, 6.07) is 0.0457. The number of fused-ring (bicyclic) bond motifs is 1. The first-order valence-electron chi connectivity index (χ1n) is 5.86. The Labute approximate surface area is 90.9 Å². The van der Waals surface area contributed by atoms with Crippen LogP contribution in [-0.4, -0.2) is 14.8 Å². The molecule has 4 nitrogen and oxygen atoms in total. The van der Waals surface area contributed by atoms with E-state index in [9.17, 15) is 0 Å². The molecule has 1 aromatic rings. The summed E-state index contributed by atoms with van der Waals surface area (Å²) >= 11 is 0. The highest BCUT2D eigenvalue weighted by Gasteiger charge is 2.20. The Morgan fingerprint density at radius 1 is 1.33 bits per heavy atom. The van der Waals surface area contributed by atoms with Gasteiger partial charge in [-0.1, -0.05) is 13.8 Å². The number of aromatic nitrogens is 3. The maximum atomic E-state index is 6.14. The molecule has 0 bridgehead atoms. The summed E-state index contributed by atoms with van der Waals surface area (Å²) in [6.45, 7) is 5.42. The Balaban J connectivity index is 2.17. The molecule has 0 fully saturated rings. The highest BCUT2D eigenvalue weighted by molar-refractivity contribution is 5.03. The fourth-order valence-electron chi connectivity index (χ4n) is 2.22. The predicted octanol–water partition coefficient (Wildman–Crippen LogP) is 1.66. The molecule has 0 aliphatic carbocycles. The second-order valence-corrected chi connectivity index (χ2v) is 4.82. The zero-order valence-corrected chi connectivity index (χ0v) is 9.61. The molecule has 15 heavy (non-hydrogen) atoms. The maximum absolute atomic E-state index is 6.14. The lowest BCUT2D eigenvalue weighted by molar-refractivity contribution is 0.448. The van der Waals surface area contributed by atoms with Crippen LogP contribution in [0.5, 0.6) is 0 Å². The Kier molecular flexibility index (Phi) is 3.05. The number of hydrogen-bond donors (Lipinski definition) is 1. The first-order chi connectivity index (χ1) is 7.18. The molecule has 0 unspecified atom stereocenters. The van der Waals surface area contributed by atoms with Gasteiger partial charge in [-0.25, -0.2) is 0 Å². The van der Waals surface area contributed by atoms with E-state index in [0.717, 1.165) is 31.0 Å². The molecule has 2 rings (SSSR count). The molecule has 0 amide bonds. The van der Waals surface area contributed by atoms with Crippen molar-refractivity contribution < 1.29 is 0 Å². The van der Waals surface area contributed by atoms with Gasteiger partial charge in [-0.3, -0.25) is 0 Å². The molecule has 1 aliphatic heterocycles. The van der Waals surface area contributed by atoms with Gasteiger partial charge in [0.1, 0.15) is 11.6 Å². The van der Waals surface area contributed by atoms with Crippen LogP contribution in [0.3, 0.4) is 0 Å². The summed E-state index contributed by atoms with van der Waals surface area (Å²) in [5, 5.41) is 8.46. The SMILES string of the molecule is CC(C)C[C@H](N)c1nnc2n1CCCC2. The van der Waals surface area contributed by atoms with E-state index in [1.807, 2.05) is 0 Å². The van der Waals surface area contributed by atoms with Gasteiger partial charge < -0.3 is 10.3 Å². The van der Waals surface area contributed by atoms with Crippen LogP contribution in [0.15, 0.2) is 0 Å². The van der Waals surface area contributed by atoms with Crippen molar-refractivity contribution >= 4 is 0 Å². The normalized spacial score (nSPS) is 17.9. The van der Waals surface area contributed by atoms with Crippen molar-refractivity contribution in [2.24, 2.45) is 11.7 Å². The molecule has 2 heterocycles. The summed E-state index contributed by atoms with van der Waals surface area (Å²) in [5.41, 5.74) is 6.14. The number of aryl methyl sites for hydroxylation is 1. The third-order valence-electron chi connectivity index (χ3n) is 2.95. The fourth-order valence-corrected chi connectivity index (χ4v) is 2.22. The lowest BCUT2D eigenvalue weighted by Gasteiger charge is -2.18. The number of rotatable bonds is 3. The van der Waals surface area contributed by atoms with Crippen molar-refractivity contribution in [3.05, 3.63) is 11.6 Å². The van der Waals surface area contributed by atoms with Crippen LogP contribution in [-0.2, 0) is 13.0 Å². The van der Waals surface area contributed by atoms with E-state index in [-0.39, 0.29) is 6.04 Å². The molecule has 0 aromatic carbocycles. The molecule has 0 radical (unpaired) electrons. The first kappa shape index (κ1) is 10.6. The van der Waals surface area contributed by atoms with E-state index in [2.05, 4.69) is 28.6 Å². The van der Waals surface area contributed by atoms with Crippen LogP contribution in [0.4, 0.5) is 0 Å². The van der Waals surface area contributed by atoms with Crippen molar-refractivity contribution in [3.63, 3.8) is 0 Å². The predicted molar refractivity (Wildman–Crippen MR) is 59.3 cm³/mol. The minimum Gasteiger partial charge on any atom is -0.321 e. The van der Waals surface area contributed by atoms with Gasteiger partial charge in [0.05, 0.1) is 6.04 Å². The van der Waals surface area contributed by atoms with E-state index in [0.29, 0.717) is 5.92 Å². The summed E-state index contributed by atoms with van der Waals surface area (Å²) in [6.07, 6.45) is 4.50. The highest BCUT2D eigenvalue weighted by atomic mass is 15.3. The Morgan fingerprint density at radius 2 is 2.13 bits per heavy atom. The molecule has 1 atom stereocenters. The van der Waals surface area contributed by atoms with Gasteiger partial charge in [-0.2, -0.15) is 0 Å². The van der Waals surface area contributed by atoms with E-state index in [4.69, 9.17) is 5.73 Å². The molecule has 4 heteroatoms. The first-order valence-corrected chi connectivity index (χ1v) is 5.86. The number of nitrogens with two attached hydrogens (primary N) is 1. The van der Waals surface area contributed by atoms with E-state index in [1.54, 1.807) is 0 Å². The van der Waals surface area contributed by atoms with Crippen LogP contribution >= 0.6 is 0 Å². The lowest BCUT2D eigenvalue weighted by atomic mass is 10.0. The second-order valence-electron chi connectivity index (χ2n) is 4.82. The van der Waals surface area contributed by atoms with Gasteiger partial charge in [-0.15, -0.1) is 10.2 Å². The van der Waals surface area contributed by atoms with Crippen molar-refractivity contribution in [2.75, 3.05) is 0 Å². The van der Waals surface area contributed by atoms with Crippen LogP contribution in [0, 0.1) is 5.92 Å². The lowest BCUT2D eigenvalue weighted by Crippen LogP contribution is -2.21. The van der Waals surface area contributed by atoms with Gasteiger partial charge in [0.25, 0.3) is 0 Å². The van der Waals surface area contributed by atoms with Gasteiger partial charge in [-0.05, 0) is 25.2 Å². The van der Waals surface area contributed by atoms with Crippen molar-refractivity contribution in [1.82, 2.24) is 14.8 Å². The van der Waals surface area contributed by atoms with Gasteiger partial charge in [0.15, 0.2) is 0 Å². The van der Waals surface area contributed by atoms with E-state index < -0.39 is 0 Å². The van der Waals surface area contributed by atoms with Gasteiger partial charge >= 0.3 is 0 Å². The zero-order valence-electron chi connectivity index (χ0n) is 9.61. The minimum atomic E-state index is 0.0457. The third-order valence-corrected chi connectivity index (χ3v) is 2.95. The Hall–Kier alpha value is -0.900. The summed E-state index contributed by atoms with van der Waals surface area (Å²) in [4.78, 5) is 0. The molecular weight excluding hydrogens is 188 g/mol. The molecular formula is C11H20N4. The van der Waals surface area contributed by atoms with Gasteiger partial charge in [0, 0.05) is 13.0 Å². The highest BCUT2D eigenvalue weighted by Crippen LogP contribution is 2.21. The van der Waals surface area contributed by atoms with Crippen LogP contribution in [0.1, 0.15) is 50.8 Å². The summed E-state index contributed by atoms with van der Waals surface area (Å²) in [5.74, 6) is 2.71. The average molecular weight is 208 g/mol. The largest absolute Gasteiger partial charge is 0.321 e. The van der Waals surface area contributed by atoms with Crippen LogP contribution in [0.25, 0.3) is 0 Å². The minimum absolute atomic E-state index is 0.0457. The Bertz CT molecular complexity index is 329. The summed E-state index contributed by atoms with van der Waals surface area (Å²) in [7, 11) is 0. The topological polar surface area (TPSA) is 56.7 Å². The van der Waals surface area contributed by atoms with Crippen molar-refractivity contribution in [1.29, 1.82) is 0 Å². The van der Waals surface area contributed by atoms with Crippen molar-refractivity contribution in [3.8, 4) is 0 Å². The third kappa shape index (κ3) is 2.20. The molecule has 84 valence electrons. The number of nitrogens with zero attached hydrogens (tertiary/aromatic N) is 3. The number of hydrogen-bond acceptors (Lipinski definition) is 3. The average Bonchev–Trinajstić information content (AvgIpc) is 2.59. The van der Waals surface area contributed by atoms with Crippen LogP contribution in [0.2, 0.25) is 0 Å². The van der Waals surface area contributed by atoms with E-state index >= 15 is 0 Å². The molecule has 2 N–H and O–H groups in total. The molecule has 0 saturated heterocycles. The van der Waals surface area contributed by atoms with Gasteiger partial charge in [0.2, 0.25) is 0 Å². The molecule has 0 spiro atoms. The Morgan fingerprint density at radius 3 is 2.87 bits per heavy atom. The smallest absolute Gasteiger partial charge is 0.149 e. The maximum Gasteiger partial charge on any atom is 0.149 e. The quantitative estimate of drug-likeness (QED) is 0.822. The molecule has 1 aromatic heterocycles. The molecule has 0 saturated carbocycles. The zero-order chi connectivity index (χ0) is 10.8. The second kappa shape index (κ2) is 4.31. The standard InChI is InChI=1S/C11H20N4/c1-8(2)7-9(12)11-14-13-10-5-3-4-6-15(10)11/h8-9H,3-7,12H2,1-2H3/t9-/m0/s1. The van der Waals surface area contributed by atoms with Crippen LogP contribution < -0.4 is 5.73 Å². The van der Waals surface area contributed by atoms with E-state index in [1.165, 1.54) is 12.8 Å². The monoisotopic (exact) mass is 208 g/mol.